The molecule has 3 rings (SSSR count). The molecular weight excluding hydrogens is 319 g/mol. The highest BCUT2D eigenvalue weighted by molar-refractivity contribution is 5.59. The zero-order chi connectivity index (χ0) is 18.0. The topological polar surface area (TPSA) is 66.0 Å². The summed E-state index contributed by atoms with van der Waals surface area (Å²) in [6, 6.07) is 13.5. The van der Waals surface area contributed by atoms with Gasteiger partial charge in [-0.15, -0.1) is 10.2 Å². The molecule has 0 aliphatic carbocycles. The van der Waals surface area contributed by atoms with E-state index in [0.29, 0.717) is 23.8 Å². The molecule has 5 nitrogen and oxygen atoms in total. The second-order valence-corrected chi connectivity index (χ2v) is 6.28. The molecule has 0 radical (unpaired) electrons. The van der Waals surface area contributed by atoms with E-state index in [1.54, 1.807) is 12.1 Å². The van der Waals surface area contributed by atoms with Gasteiger partial charge in [0.05, 0.1) is 0 Å². The first-order valence-electron chi connectivity index (χ1n) is 8.15. The van der Waals surface area contributed by atoms with Crippen LogP contribution in [0.2, 0.25) is 0 Å². The lowest BCUT2D eigenvalue weighted by atomic mass is 10.1. The zero-order valence-corrected chi connectivity index (χ0v) is 14.5. The van der Waals surface area contributed by atoms with Gasteiger partial charge >= 0.3 is 0 Å². The molecule has 0 aliphatic rings. The van der Waals surface area contributed by atoms with Crippen LogP contribution >= 0.6 is 0 Å². The molecule has 0 saturated carbocycles. The molecule has 2 N–H and O–H groups in total. The predicted molar refractivity (Wildman–Crippen MR) is 95.6 cm³/mol. The van der Waals surface area contributed by atoms with E-state index in [9.17, 15) is 4.39 Å². The molecule has 0 saturated heterocycles. The SMILES string of the molecule is CCn1c(-c2ccc(N)cc2)nnc1C(C)(C)Oc1ccc(F)cc1. The molecular formula is C19H21FN4O. The fraction of sp³-hybridized carbons (Fsp3) is 0.263. The number of rotatable bonds is 5. The predicted octanol–water partition coefficient (Wildman–Crippen LogP) is 4.00. The summed E-state index contributed by atoms with van der Waals surface area (Å²) in [5.41, 5.74) is 6.67. The Kier molecular flexibility index (Phi) is 4.44. The van der Waals surface area contributed by atoms with Crippen LogP contribution in [0.3, 0.4) is 0 Å². The van der Waals surface area contributed by atoms with Gasteiger partial charge in [0.2, 0.25) is 0 Å². The van der Waals surface area contributed by atoms with E-state index in [4.69, 9.17) is 10.5 Å². The molecule has 3 aromatic rings. The molecule has 0 spiro atoms. The van der Waals surface area contributed by atoms with Crippen LogP contribution in [0, 0.1) is 5.82 Å². The van der Waals surface area contributed by atoms with Gasteiger partial charge in [-0.1, -0.05) is 0 Å². The van der Waals surface area contributed by atoms with E-state index in [2.05, 4.69) is 10.2 Å². The highest BCUT2D eigenvalue weighted by Crippen LogP contribution is 2.29. The third kappa shape index (κ3) is 3.47. The second-order valence-electron chi connectivity index (χ2n) is 6.28. The first-order chi connectivity index (χ1) is 11.9. The Hall–Kier alpha value is -2.89. The Labute approximate surface area is 146 Å². The van der Waals surface area contributed by atoms with Crippen LogP contribution in [0.4, 0.5) is 10.1 Å². The number of aromatic nitrogens is 3. The van der Waals surface area contributed by atoms with Crippen LogP contribution in [-0.2, 0) is 12.1 Å². The number of hydrogen-bond donors (Lipinski definition) is 1. The van der Waals surface area contributed by atoms with Crippen LogP contribution in [0.5, 0.6) is 5.75 Å². The van der Waals surface area contributed by atoms with E-state index in [1.165, 1.54) is 12.1 Å². The summed E-state index contributed by atoms with van der Waals surface area (Å²) in [6.07, 6.45) is 0. The Balaban J connectivity index is 1.95. The third-order valence-corrected chi connectivity index (χ3v) is 3.96. The van der Waals surface area contributed by atoms with Crippen molar-refractivity contribution in [2.75, 3.05) is 5.73 Å². The van der Waals surface area contributed by atoms with E-state index in [1.807, 2.05) is 49.6 Å². The van der Waals surface area contributed by atoms with Crippen molar-refractivity contribution in [2.45, 2.75) is 32.9 Å². The van der Waals surface area contributed by atoms with Gasteiger partial charge in [0.15, 0.2) is 17.2 Å². The number of benzene rings is 2. The molecule has 0 unspecified atom stereocenters. The van der Waals surface area contributed by atoms with Crippen molar-refractivity contribution in [3.8, 4) is 17.1 Å². The van der Waals surface area contributed by atoms with Crippen molar-refractivity contribution in [1.82, 2.24) is 14.8 Å². The maximum Gasteiger partial charge on any atom is 0.177 e. The van der Waals surface area contributed by atoms with E-state index in [0.717, 1.165) is 11.4 Å². The summed E-state index contributed by atoms with van der Waals surface area (Å²) in [5.74, 6) is 1.73. The first kappa shape index (κ1) is 17.0. The van der Waals surface area contributed by atoms with Crippen LogP contribution in [0.1, 0.15) is 26.6 Å². The average Bonchev–Trinajstić information content (AvgIpc) is 3.02. The molecule has 1 aromatic heterocycles. The van der Waals surface area contributed by atoms with Gasteiger partial charge in [-0.2, -0.15) is 0 Å². The van der Waals surface area contributed by atoms with Gasteiger partial charge in [-0.25, -0.2) is 4.39 Å². The highest BCUT2D eigenvalue weighted by atomic mass is 19.1. The number of anilines is 1. The monoisotopic (exact) mass is 340 g/mol. The van der Waals surface area contributed by atoms with Crippen molar-refractivity contribution in [1.29, 1.82) is 0 Å². The smallest absolute Gasteiger partial charge is 0.177 e. The van der Waals surface area contributed by atoms with Crippen molar-refractivity contribution in [3.05, 3.63) is 60.2 Å². The minimum Gasteiger partial charge on any atom is -0.480 e. The van der Waals surface area contributed by atoms with Crippen molar-refractivity contribution >= 4 is 5.69 Å². The van der Waals surface area contributed by atoms with Crippen molar-refractivity contribution < 1.29 is 9.13 Å². The number of ether oxygens (including phenoxy) is 1. The molecule has 1 heterocycles. The lowest BCUT2D eigenvalue weighted by molar-refractivity contribution is 0.0939. The molecule has 2 aromatic carbocycles. The lowest BCUT2D eigenvalue weighted by Crippen LogP contribution is -2.29. The fourth-order valence-corrected chi connectivity index (χ4v) is 2.74. The number of hydrogen-bond acceptors (Lipinski definition) is 4. The average molecular weight is 340 g/mol. The quantitative estimate of drug-likeness (QED) is 0.713. The Morgan fingerprint density at radius 3 is 2.28 bits per heavy atom. The summed E-state index contributed by atoms with van der Waals surface area (Å²) in [6.45, 7) is 6.55. The van der Waals surface area contributed by atoms with Crippen LogP contribution in [-0.4, -0.2) is 14.8 Å². The molecule has 130 valence electrons. The van der Waals surface area contributed by atoms with Gasteiger partial charge in [-0.3, -0.25) is 0 Å². The van der Waals surface area contributed by atoms with Crippen LogP contribution < -0.4 is 10.5 Å². The first-order valence-corrected chi connectivity index (χ1v) is 8.15. The van der Waals surface area contributed by atoms with E-state index in [-0.39, 0.29) is 5.82 Å². The minimum atomic E-state index is -0.729. The van der Waals surface area contributed by atoms with Crippen molar-refractivity contribution in [2.24, 2.45) is 0 Å². The summed E-state index contributed by atoms with van der Waals surface area (Å²) < 4.78 is 21.1. The van der Waals surface area contributed by atoms with Gasteiger partial charge in [-0.05, 0) is 69.3 Å². The van der Waals surface area contributed by atoms with Gasteiger partial charge in [0.1, 0.15) is 11.6 Å². The zero-order valence-electron chi connectivity index (χ0n) is 14.5. The third-order valence-electron chi connectivity index (χ3n) is 3.96. The summed E-state index contributed by atoms with van der Waals surface area (Å²) >= 11 is 0. The Bertz CT molecular complexity index is 854. The number of nitrogen functional groups attached to an aromatic ring is 1. The normalized spacial score (nSPS) is 11.5. The lowest BCUT2D eigenvalue weighted by Gasteiger charge is -2.26. The van der Waals surface area contributed by atoms with Crippen LogP contribution in [0.25, 0.3) is 11.4 Å². The number of nitrogens with zero attached hydrogens (tertiary/aromatic N) is 3. The molecule has 0 bridgehead atoms. The second kappa shape index (κ2) is 6.55. The maximum absolute atomic E-state index is 13.1. The molecule has 0 amide bonds. The summed E-state index contributed by atoms with van der Waals surface area (Å²) in [5, 5.41) is 8.69. The van der Waals surface area contributed by atoms with E-state index < -0.39 is 5.60 Å². The largest absolute Gasteiger partial charge is 0.480 e. The number of halogens is 1. The van der Waals surface area contributed by atoms with Gasteiger partial charge in [0.25, 0.3) is 0 Å². The van der Waals surface area contributed by atoms with Gasteiger partial charge in [0, 0.05) is 17.8 Å². The minimum absolute atomic E-state index is 0.299. The van der Waals surface area contributed by atoms with Gasteiger partial charge < -0.3 is 15.0 Å². The Morgan fingerprint density at radius 1 is 1.04 bits per heavy atom. The highest BCUT2D eigenvalue weighted by Gasteiger charge is 2.30. The molecule has 0 atom stereocenters. The fourth-order valence-electron chi connectivity index (χ4n) is 2.74. The molecule has 0 fully saturated rings. The van der Waals surface area contributed by atoms with Crippen LogP contribution in [0.15, 0.2) is 48.5 Å². The standard InChI is InChI=1S/C19H21FN4O/c1-4-24-17(13-5-9-15(21)10-6-13)22-23-18(24)19(2,3)25-16-11-7-14(20)8-12-16/h5-12H,4,21H2,1-3H3. The summed E-state index contributed by atoms with van der Waals surface area (Å²) in [4.78, 5) is 0. The van der Waals surface area contributed by atoms with E-state index >= 15 is 0 Å². The maximum atomic E-state index is 13.1. The number of nitrogens with two attached hydrogens (primary N) is 1. The van der Waals surface area contributed by atoms with Crippen molar-refractivity contribution in [3.63, 3.8) is 0 Å². The molecule has 25 heavy (non-hydrogen) atoms. The molecule has 6 heteroatoms. The summed E-state index contributed by atoms with van der Waals surface area (Å²) in [7, 11) is 0. The Morgan fingerprint density at radius 2 is 1.68 bits per heavy atom. The molecule has 0 aliphatic heterocycles.